The van der Waals surface area contributed by atoms with Crippen LogP contribution in [0.2, 0.25) is 10.6 Å². The highest BCUT2D eigenvalue weighted by Crippen LogP contribution is 2.31. The lowest BCUT2D eigenvalue weighted by atomic mass is 10.3. The third-order valence-electron chi connectivity index (χ3n) is 5.12. The fourth-order valence-electron chi connectivity index (χ4n) is 3.38. The van der Waals surface area contributed by atoms with Crippen LogP contribution in [-0.4, -0.2) is 63.6 Å². The number of azo groups is 1. The number of halogens is 2. The first-order chi connectivity index (χ1) is 19.3. The Morgan fingerprint density at radius 1 is 0.833 bits per heavy atom. The van der Waals surface area contributed by atoms with Crippen LogP contribution in [0.25, 0.3) is 5.69 Å². The van der Waals surface area contributed by atoms with Crippen molar-refractivity contribution in [3.05, 3.63) is 63.0 Å². The van der Waals surface area contributed by atoms with Crippen molar-refractivity contribution in [1.29, 1.82) is 0 Å². The SMILES string of the molecule is Cc1[nH]n(-c2cc(S(=O)(=O)O)ccc2S(=O)(=O)O)c(=O)c1N=Nc1cc(Nc2nc(Cl)nc(Cl)n2)ccc1S(=O)(=O)O. The number of nitrogens with one attached hydrogen (secondary N) is 2. The lowest BCUT2D eigenvalue weighted by Crippen LogP contribution is -2.18. The molecule has 2 aromatic carbocycles. The summed E-state index contributed by atoms with van der Waals surface area (Å²) in [7, 11) is -14.8. The van der Waals surface area contributed by atoms with Gasteiger partial charge in [0.05, 0.1) is 16.3 Å². The van der Waals surface area contributed by atoms with Crippen molar-refractivity contribution < 1.29 is 38.9 Å². The van der Waals surface area contributed by atoms with E-state index in [-0.39, 0.29) is 27.9 Å². The minimum absolute atomic E-state index is 0.0838. The maximum absolute atomic E-state index is 13.2. The summed E-state index contributed by atoms with van der Waals surface area (Å²) < 4.78 is 99.9. The molecular weight excluding hydrogens is 667 g/mol. The second-order valence-electron chi connectivity index (χ2n) is 7.99. The van der Waals surface area contributed by atoms with Gasteiger partial charge in [0.1, 0.15) is 15.5 Å². The van der Waals surface area contributed by atoms with Gasteiger partial charge >= 0.3 is 0 Å². The second-order valence-corrected chi connectivity index (χ2v) is 12.9. The Morgan fingerprint density at radius 2 is 1.43 bits per heavy atom. The number of aromatic nitrogens is 5. The van der Waals surface area contributed by atoms with Crippen LogP contribution in [0.3, 0.4) is 0 Å². The van der Waals surface area contributed by atoms with Gasteiger partial charge in [0.15, 0.2) is 5.69 Å². The molecule has 0 aliphatic heterocycles. The predicted molar refractivity (Wildman–Crippen MR) is 144 cm³/mol. The van der Waals surface area contributed by atoms with Gasteiger partial charge in [-0.05, 0) is 66.5 Å². The smallest absolute Gasteiger partial charge is 0.299 e. The molecule has 5 N–H and O–H groups in total. The number of anilines is 2. The molecule has 0 aliphatic rings. The lowest BCUT2D eigenvalue weighted by molar-refractivity contribution is 0.477. The summed E-state index contributed by atoms with van der Waals surface area (Å²) in [5.41, 5.74) is -2.85. The fraction of sp³-hybridized carbons (Fsp3) is 0.0526. The molecule has 222 valence electrons. The first-order valence-electron chi connectivity index (χ1n) is 10.6. The minimum atomic E-state index is -5.02. The summed E-state index contributed by atoms with van der Waals surface area (Å²) in [4.78, 5) is 21.9. The molecule has 0 spiro atoms. The quantitative estimate of drug-likeness (QED) is 0.132. The largest absolute Gasteiger partial charge is 0.324 e. The standard InChI is InChI=1S/C19H14Cl2N8O10S3/c1-8-15(16(30)29(28-8)12-7-10(40(31,32)33)3-5-14(12)42(37,38)39)27-26-11-6-9(2-4-13(11)41(34,35)36)22-19-24-17(20)23-18(21)25-19/h2-7,28H,1H3,(H,31,32,33)(H,34,35,36)(H,37,38,39)(H,22,23,24,25). The van der Waals surface area contributed by atoms with E-state index in [0.29, 0.717) is 22.9 Å². The van der Waals surface area contributed by atoms with Crippen LogP contribution >= 0.6 is 23.2 Å². The van der Waals surface area contributed by atoms with Crippen LogP contribution < -0.4 is 10.9 Å². The molecule has 0 bridgehead atoms. The van der Waals surface area contributed by atoms with Crippen molar-refractivity contribution in [3.8, 4) is 5.69 Å². The summed E-state index contributed by atoms with van der Waals surface area (Å²) in [6, 6.07) is 5.13. The van der Waals surface area contributed by atoms with Gasteiger partial charge in [0.25, 0.3) is 35.9 Å². The molecule has 0 saturated carbocycles. The third kappa shape index (κ3) is 6.79. The molecule has 18 nitrogen and oxygen atoms in total. The normalized spacial score (nSPS) is 12.6. The van der Waals surface area contributed by atoms with E-state index in [0.717, 1.165) is 12.1 Å². The van der Waals surface area contributed by atoms with Crippen molar-refractivity contribution >= 4 is 76.6 Å². The highest BCUT2D eigenvalue weighted by Gasteiger charge is 2.24. The average Bonchev–Trinajstić information content (AvgIpc) is 3.13. The molecule has 0 radical (unpaired) electrons. The average molecular weight is 681 g/mol. The summed E-state index contributed by atoms with van der Waals surface area (Å²) in [5, 5.41) is 12.0. The van der Waals surface area contributed by atoms with Crippen LogP contribution in [0.5, 0.6) is 0 Å². The molecule has 0 atom stereocenters. The van der Waals surface area contributed by atoms with Crippen LogP contribution in [0.4, 0.5) is 23.0 Å². The zero-order chi connectivity index (χ0) is 31.2. The highest BCUT2D eigenvalue weighted by atomic mass is 35.5. The van der Waals surface area contributed by atoms with Gasteiger partial charge in [-0.15, -0.1) is 10.2 Å². The van der Waals surface area contributed by atoms with E-state index in [2.05, 4.69) is 35.6 Å². The van der Waals surface area contributed by atoms with Crippen LogP contribution in [-0.2, 0) is 30.4 Å². The van der Waals surface area contributed by atoms with E-state index in [1.54, 1.807) is 0 Å². The number of aromatic amines is 1. The van der Waals surface area contributed by atoms with E-state index < -0.39 is 67.7 Å². The molecule has 4 rings (SSSR count). The van der Waals surface area contributed by atoms with Gasteiger partial charge in [0.2, 0.25) is 16.5 Å². The summed E-state index contributed by atoms with van der Waals surface area (Å²) in [5.74, 6) is -0.145. The molecule has 2 heterocycles. The monoisotopic (exact) mass is 680 g/mol. The molecule has 42 heavy (non-hydrogen) atoms. The molecule has 0 saturated heterocycles. The van der Waals surface area contributed by atoms with Crippen molar-refractivity contribution in [2.75, 3.05) is 5.32 Å². The molecule has 4 aromatic rings. The van der Waals surface area contributed by atoms with Crippen molar-refractivity contribution in [3.63, 3.8) is 0 Å². The summed E-state index contributed by atoms with van der Waals surface area (Å²) in [6.07, 6.45) is 0. The van der Waals surface area contributed by atoms with Crippen molar-refractivity contribution in [1.82, 2.24) is 24.7 Å². The molecule has 0 aliphatic carbocycles. The maximum Gasteiger partial charge on any atom is 0.299 e. The molecule has 0 unspecified atom stereocenters. The van der Waals surface area contributed by atoms with Gasteiger partial charge in [-0.2, -0.15) is 40.2 Å². The predicted octanol–water partition coefficient (Wildman–Crippen LogP) is 2.86. The lowest BCUT2D eigenvalue weighted by Gasteiger charge is -2.09. The number of hydrogen-bond donors (Lipinski definition) is 5. The molecule has 23 heteroatoms. The van der Waals surface area contributed by atoms with Gasteiger partial charge < -0.3 is 5.32 Å². The van der Waals surface area contributed by atoms with E-state index in [1.807, 2.05) is 0 Å². The first-order valence-corrected chi connectivity index (χ1v) is 15.7. The van der Waals surface area contributed by atoms with E-state index >= 15 is 0 Å². The zero-order valence-corrected chi connectivity index (χ0v) is 24.3. The Kier molecular flexibility index (Phi) is 8.23. The number of aryl methyl sites for hydroxylation is 1. The number of benzene rings is 2. The van der Waals surface area contributed by atoms with Gasteiger partial charge in [-0.3, -0.25) is 23.6 Å². The molecule has 0 fully saturated rings. The Labute approximate surface area is 245 Å². The number of rotatable bonds is 8. The van der Waals surface area contributed by atoms with Crippen LogP contribution in [0, 0.1) is 6.92 Å². The van der Waals surface area contributed by atoms with Crippen molar-refractivity contribution in [2.45, 2.75) is 21.6 Å². The molecule has 0 amide bonds. The van der Waals surface area contributed by atoms with E-state index in [9.17, 15) is 43.7 Å². The second kappa shape index (κ2) is 11.1. The molecular formula is C19H14Cl2N8O10S3. The number of H-pyrrole nitrogens is 1. The van der Waals surface area contributed by atoms with Crippen molar-refractivity contribution in [2.24, 2.45) is 10.2 Å². The Bertz CT molecular complexity index is 2150. The fourth-order valence-corrected chi connectivity index (χ4v) is 5.50. The zero-order valence-electron chi connectivity index (χ0n) is 20.3. The molecule has 2 aromatic heterocycles. The third-order valence-corrected chi connectivity index (χ3v) is 8.11. The summed E-state index contributed by atoms with van der Waals surface area (Å²) >= 11 is 11.5. The highest BCUT2D eigenvalue weighted by molar-refractivity contribution is 7.86. The Morgan fingerprint density at radius 3 is 2.00 bits per heavy atom. The summed E-state index contributed by atoms with van der Waals surface area (Å²) in [6.45, 7) is 1.28. The maximum atomic E-state index is 13.2. The van der Waals surface area contributed by atoms with E-state index in [4.69, 9.17) is 23.2 Å². The topological polar surface area (TPSA) is 276 Å². The van der Waals surface area contributed by atoms with Gasteiger partial charge in [-0.1, -0.05) is 0 Å². The minimum Gasteiger partial charge on any atom is -0.324 e. The number of hydrogen-bond acceptors (Lipinski definition) is 13. The number of nitrogens with zero attached hydrogens (tertiary/aromatic N) is 6. The van der Waals surface area contributed by atoms with E-state index in [1.165, 1.54) is 13.0 Å². The first kappa shape index (κ1) is 31.1. The van der Waals surface area contributed by atoms with Crippen LogP contribution in [0.1, 0.15) is 5.69 Å². The van der Waals surface area contributed by atoms with Gasteiger partial charge in [-0.25, -0.2) is 4.68 Å². The Hall–Kier alpha value is -3.83. The Balaban J connectivity index is 1.83. The van der Waals surface area contributed by atoms with Crippen LogP contribution in [0.15, 0.2) is 66.1 Å². The van der Waals surface area contributed by atoms with Gasteiger partial charge in [0, 0.05) is 5.69 Å².